The summed E-state index contributed by atoms with van der Waals surface area (Å²) in [6.07, 6.45) is 0.0716. The molecule has 2 amide bonds. The third-order valence-corrected chi connectivity index (χ3v) is 5.91. The zero-order valence-electron chi connectivity index (χ0n) is 15.3. The maximum Gasteiger partial charge on any atom is 0.242 e. The zero-order valence-corrected chi connectivity index (χ0v) is 17.7. The number of hydrogen-bond acceptors (Lipinski definition) is 5. The van der Waals surface area contributed by atoms with Gasteiger partial charge in [0.2, 0.25) is 11.8 Å². The average Bonchev–Trinajstić information content (AvgIpc) is 2.97. The van der Waals surface area contributed by atoms with Crippen LogP contribution in [0.15, 0.2) is 64.1 Å². The van der Waals surface area contributed by atoms with Gasteiger partial charge >= 0.3 is 0 Å². The Bertz CT molecular complexity index is 876. The first-order chi connectivity index (χ1) is 13.6. The largest absolute Gasteiger partial charge is 0.383 e. The van der Waals surface area contributed by atoms with E-state index in [-0.39, 0.29) is 18.2 Å². The summed E-state index contributed by atoms with van der Waals surface area (Å²) in [5.74, 6) is -0.343. The molecular weight excluding hydrogens is 442 g/mol. The van der Waals surface area contributed by atoms with Crippen LogP contribution in [-0.2, 0) is 14.3 Å². The molecule has 0 saturated carbocycles. The number of benzene rings is 2. The van der Waals surface area contributed by atoms with Crippen molar-refractivity contribution in [3.63, 3.8) is 0 Å². The van der Waals surface area contributed by atoms with E-state index in [2.05, 4.69) is 26.2 Å². The van der Waals surface area contributed by atoms with Crippen molar-refractivity contribution >= 4 is 56.0 Å². The highest BCUT2D eigenvalue weighted by atomic mass is 79.9. The number of carbonyl (C=O) groups excluding carboxylic acids is 2. The quantitative estimate of drug-likeness (QED) is 0.674. The summed E-state index contributed by atoms with van der Waals surface area (Å²) in [5.41, 5.74) is 1.44. The molecule has 1 aliphatic heterocycles. The molecule has 0 bridgehead atoms. The number of methoxy groups -OCH3 is 1. The number of nitrogens with zero attached hydrogens (tertiary/aromatic N) is 2. The number of rotatable bonds is 7. The van der Waals surface area contributed by atoms with Gasteiger partial charge in [-0.3, -0.25) is 14.5 Å². The van der Waals surface area contributed by atoms with Crippen molar-refractivity contribution in [2.24, 2.45) is 4.99 Å². The van der Waals surface area contributed by atoms with Gasteiger partial charge in [-0.1, -0.05) is 42.1 Å². The summed E-state index contributed by atoms with van der Waals surface area (Å²) < 4.78 is 5.91. The number of nitrogens with one attached hydrogen (secondary N) is 1. The van der Waals surface area contributed by atoms with Gasteiger partial charge in [0.15, 0.2) is 5.17 Å². The lowest BCUT2D eigenvalue weighted by atomic mass is 10.2. The SMILES string of the molecule is COCCN1C(=O)[C@@H](CC(=O)Nc2ccccc2Br)SC1=Nc1ccccc1. The van der Waals surface area contributed by atoms with Gasteiger partial charge in [0.1, 0.15) is 5.25 Å². The monoisotopic (exact) mass is 461 g/mol. The molecule has 3 rings (SSSR count). The zero-order chi connectivity index (χ0) is 19.9. The molecule has 0 aliphatic carbocycles. The van der Waals surface area contributed by atoms with Crippen molar-refractivity contribution < 1.29 is 14.3 Å². The molecule has 1 aliphatic rings. The lowest BCUT2D eigenvalue weighted by Crippen LogP contribution is -2.35. The molecule has 1 heterocycles. The number of carbonyl (C=O) groups is 2. The Kier molecular flexibility index (Phi) is 7.24. The first-order valence-corrected chi connectivity index (χ1v) is 10.4. The van der Waals surface area contributed by atoms with Crippen LogP contribution >= 0.6 is 27.7 Å². The summed E-state index contributed by atoms with van der Waals surface area (Å²) in [5, 5.41) is 2.92. The van der Waals surface area contributed by atoms with Crippen molar-refractivity contribution in [3.05, 3.63) is 59.1 Å². The molecule has 0 unspecified atom stereocenters. The molecule has 1 saturated heterocycles. The third-order valence-electron chi connectivity index (χ3n) is 4.04. The Labute approximate surface area is 176 Å². The van der Waals surface area contributed by atoms with Crippen LogP contribution in [0.4, 0.5) is 11.4 Å². The fourth-order valence-corrected chi connectivity index (χ4v) is 4.23. The van der Waals surface area contributed by atoms with Crippen LogP contribution in [0.2, 0.25) is 0 Å². The van der Waals surface area contributed by atoms with Crippen LogP contribution in [0.3, 0.4) is 0 Å². The van der Waals surface area contributed by atoms with Gasteiger partial charge < -0.3 is 10.1 Å². The lowest BCUT2D eigenvalue weighted by Gasteiger charge is -2.15. The maximum atomic E-state index is 12.8. The third kappa shape index (κ3) is 5.21. The standard InChI is InChI=1S/C20H20BrN3O3S/c1-27-12-11-24-19(26)17(28-20(24)22-14-7-3-2-4-8-14)13-18(25)23-16-10-6-5-9-15(16)21/h2-10,17H,11-13H2,1H3,(H,23,25)/t17-/m1/s1. The molecule has 1 N–H and O–H groups in total. The molecule has 146 valence electrons. The number of amides is 2. The van der Waals surface area contributed by atoms with E-state index in [0.29, 0.717) is 24.0 Å². The van der Waals surface area contributed by atoms with Crippen LogP contribution in [-0.4, -0.2) is 47.4 Å². The Morgan fingerprint density at radius 1 is 1.21 bits per heavy atom. The molecular formula is C20H20BrN3O3S. The van der Waals surface area contributed by atoms with Crippen LogP contribution in [0.1, 0.15) is 6.42 Å². The number of halogens is 1. The predicted molar refractivity (Wildman–Crippen MR) is 116 cm³/mol. The second kappa shape index (κ2) is 9.86. The Hall–Kier alpha value is -2.16. The first-order valence-electron chi connectivity index (χ1n) is 8.73. The highest BCUT2D eigenvalue weighted by Gasteiger charge is 2.39. The fourth-order valence-electron chi connectivity index (χ4n) is 2.66. The molecule has 28 heavy (non-hydrogen) atoms. The smallest absolute Gasteiger partial charge is 0.242 e. The molecule has 1 atom stereocenters. The normalized spacial score (nSPS) is 17.9. The maximum absolute atomic E-state index is 12.8. The first kappa shape index (κ1) is 20.6. The molecule has 0 radical (unpaired) electrons. The molecule has 6 nitrogen and oxygen atoms in total. The van der Waals surface area contributed by atoms with Gasteiger partial charge in [0.05, 0.1) is 24.5 Å². The van der Waals surface area contributed by atoms with Gasteiger partial charge in [-0.15, -0.1) is 0 Å². The lowest BCUT2D eigenvalue weighted by molar-refractivity contribution is -0.128. The second-order valence-electron chi connectivity index (χ2n) is 6.05. The fraction of sp³-hybridized carbons (Fsp3) is 0.250. The Morgan fingerprint density at radius 2 is 1.93 bits per heavy atom. The van der Waals surface area contributed by atoms with E-state index in [1.54, 1.807) is 18.1 Å². The number of aliphatic imine (C=N–C) groups is 1. The minimum atomic E-state index is -0.512. The summed E-state index contributed by atoms with van der Waals surface area (Å²) in [6.45, 7) is 0.798. The van der Waals surface area contributed by atoms with Crippen molar-refractivity contribution in [3.8, 4) is 0 Å². The summed E-state index contributed by atoms with van der Waals surface area (Å²) in [4.78, 5) is 31.5. The van der Waals surface area contributed by atoms with Crippen molar-refractivity contribution in [1.82, 2.24) is 4.90 Å². The summed E-state index contributed by atoms with van der Waals surface area (Å²) in [6, 6.07) is 16.8. The molecule has 0 spiro atoms. The number of hydrogen-bond donors (Lipinski definition) is 1. The van der Waals surface area contributed by atoms with E-state index < -0.39 is 5.25 Å². The van der Waals surface area contributed by atoms with Crippen molar-refractivity contribution in [2.75, 3.05) is 25.6 Å². The Balaban J connectivity index is 1.73. The van der Waals surface area contributed by atoms with Crippen LogP contribution in [0.25, 0.3) is 0 Å². The molecule has 8 heteroatoms. The van der Waals surface area contributed by atoms with E-state index >= 15 is 0 Å². The molecule has 0 aromatic heterocycles. The average molecular weight is 462 g/mol. The molecule has 2 aromatic rings. The number of para-hydroxylation sites is 2. The van der Waals surface area contributed by atoms with Gasteiger partial charge in [0, 0.05) is 18.0 Å². The topological polar surface area (TPSA) is 71.0 Å². The van der Waals surface area contributed by atoms with Crippen molar-refractivity contribution in [1.29, 1.82) is 0 Å². The number of thioether (sulfide) groups is 1. The van der Waals surface area contributed by atoms with E-state index in [0.717, 1.165) is 10.2 Å². The second-order valence-corrected chi connectivity index (χ2v) is 8.08. The number of amidine groups is 1. The van der Waals surface area contributed by atoms with Crippen LogP contribution in [0, 0.1) is 0 Å². The highest BCUT2D eigenvalue weighted by Crippen LogP contribution is 2.32. The highest BCUT2D eigenvalue weighted by molar-refractivity contribution is 9.10. The Morgan fingerprint density at radius 3 is 2.64 bits per heavy atom. The van der Waals surface area contributed by atoms with Gasteiger partial charge in [-0.25, -0.2) is 4.99 Å². The molecule has 1 fully saturated rings. The van der Waals surface area contributed by atoms with E-state index in [9.17, 15) is 9.59 Å². The summed E-state index contributed by atoms with van der Waals surface area (Å²) >= 11 is 4.72. The summed E-state index contributed by atoms with van der Waals surface area (Å²) in [7, 11) is 1.59. The minimum Gasteiger partial charge on any atom is -0.383 e. The number of ether oxygens (including phenoxy) is 1. The number of anilines is 1. The molecule has 2 aromatic carbocycles. The van der Waals surface area contributed by atoms with Gasteiger partial charge in [-0.2, -0.15) is 0 Å². The van der Waals surface area contributed by atoms with Crippen molar-refractivity contribution in [2.45, 2.75) is 11.7 Å². The van der Waals surface area contributed by atoms with Crippen LogP contribution < -0.4 is 5.32 Å². The predicted octanol–water partition coefficient (Wildman–Crippen LogP) is 4.06. The van der Waals surface area contributed by atoms with Crippen LogP contribution in [0.5, 0.6) is 0 Å². The van der Waals surface area contributed by atoms with E-state index in [1.165, 1.54) is 11.8 Å². The van der Waals surface area contributed by atoms with Gasteiger partial charge in [-0.05, 0) is 40.2 Å². The van der Waals surface area contributed by atoms with Gasteiger partial charge in [0.25, 0.3) is 0 Å². The van der Waals surface area contributed by atoms with E-state index in [4.69, 9.17) is 4.74 Å². The minimum absolute atomic E-state index is 0.0716. The van der Waals surface area contributed by atoms with E-state index in [1.807, 2.05) is 48.5 Å².